The number of amides is 1. The highest BCUT2D eigenvalue weighted by atomic mass is 35.5. The first-order valence-electron chi connectivity index (χ1n) is 12.2. The van der Waals surface area contributed by atoms with Gasteiger partial charge in [-0.1, -0.05) is 41.9 Å². The fourth-order valence-electron chi connectivity index (χ4n) is 3.91. The maximum absolute atomic E-state index is 12.8. The van der Waals surface area contributed by atoms with Crippen molar-refractivity contribution >= 4 is 54.6 Å². The van der Waals surface area contributed by atoms with E-state index < -0.39 is 26.0 Å². The topological polar surface area (TPSA) is 113 Å². The summed E-state index contributed by atoms with van der Waals surface area (Å²) in [6, 6.07) is 24.4. The third-order valence-electron chi connectivity index (χ3n) is 6.24. The zero-order chi connectivity index (χ0) is 29.1. The molecular formula is C29H28ClN3O5S2. The summed E-state index contributed by atoms with van der Waals surface area (Å²) in [5.41, 5.74) is 4.14. The summed E-state index contributed by atoms with van der Waals surface area (Å²) < 4.78 is 54.3. The van der Waals surface area contributed by atoms with Crippen LogP contribution in [0.25, 0.3) is 0 Å². The molecule has 0 aliphatic rings. The van der Waals surface area contributed by atoms with E-state index in [1.165, 1.54) is 46.8 Å². The van der Waals surface area contributed by atoms with Crippen molar-refractivity contribution in [3.63, 3.8) is 0 Å². The number of carbonyl (C=O) groups is 1. The first-order valence-corrected chi connectivity index (χ1v) is 15.9. The Morgan fingerprint density at radius 2 is 1.43 bits per heavy atom. The van der Waals surface area contributed by atoms with Crippen LogP contribution in [-0.2, 0) is 26.6 Å². The molecular weight excluding hydrogens is 570 g/mol. The van der Waals surface area contributed by atoms with Crippen LogP contribution in [0.1, 0.15) is 27.0 Å². The number of nitrogens with zero attached hydrogens (tertiary/aromatic N) is 1. The maximum atomic E-state index is 12.8. The normalized spacial score (nSPS) is 11.6. The zero-order valence-corrected chi connectivity index (χ0v) is 24.4. The summed E-state index contributed by atoms with van der Waals surface area (Å²) in [4.78, 5) is 12.8. The molecule has 11 heteroatoms. The highest BCUT2D eigenvalue weighted by molar-refractivity contribution is 7.92. The number of halogens is 1. The first kappa shape index (κ1) is 29.1. The molecule has 0 fully saturated rings. The lowest BCUT2D eigenvalue weighted by atomic mass is 10.1. The van der Waals surface area contributed by atoms with Gasteiger partial charge in [0, 0.05) is 16.3 Å². The van der Waals surface area contributed by atoms with Crippen molar-refractivity contribution in [1.82, 2.24) is 0 Å². The van der Waals surface area contributed by atoms with Crippen molar-refractivity contribution in [1.29, 1.82) is 0 Å². The largest absolute Gasteiger partial charge is 0.322 e. The number of hydrogen-bond donors (Lipinski definition) is 2. The van der Waals surface area contributed by atoms with Crippen LogP contribution in [0.2, 0.25) is 5.02 Å². The van der Waals surface area contributed by atoms with Crippen LogP contribution in [0.3, 0.4) is 0 Å². The fraction of sp³-hybridized carbons (Fsp3) is 0.138. The maximum Gasteiger partial charge on any atom is 0.261 e. The molecule has 0 atom stereocenters. The van der Waals surface area contributed by atoms with E-state index in [1.807, 2.05) is 38.1 Å². The Morgan fingerprint density at radius 3 is 2.02 bits per heavy atom. The monoisotopic (exact) mass is 597 g/mol. The van der Waals surface area contributed by atoms with Crippen LogP contribution in [-0.4, -0.2) is 29.0 Å². The molecule has 208 valence electrons. The number of rotatable bonds is 9. The van der Waals surface area contributed by atoms with Gasteiger partial charge in [0.2, 0.25) is 10.0 Å². The van der Waals surface area contributed by atoms with E-state index >= 15 is 0 Å². The van der Waals surface area contributed by atoms with Crippen LogP contribution in [0.4, 0.5) is 17.1 Å². The SMILES string of the molecule is Cc1ccc(NS(=O)(=O)c2ccc(NC(=O)c3ccc(N(Cc4ccccc4C)S(C)(=O)=O)cc3)cc2)cc1Cl. The number of benzene rings is 4. The lowest BCUT2D eigenvalue weighted by molar-refractivity contribution is 0.102. The third-order valence-corrected chi connectivity index (χ3v) is 9.18. The summed E-state index contributed by atoms with van der Waals surface area (Å²) in [5, 5.41) is 3.17. The molecule has 4 aromatic carbocycles. The summed E-state index contributed by atoms with van der Waals surface area (Å²) in [7, 11) is -7.45. The molecule has 4 aromatic rings. The van der Waals surface area contributed by atoms with Crippen LogP contribution >= 0.6 is 11.6 Å². The van der Waals surface area contributed by atoms with Gasteiger partial charge in [0.1, 0.15) is 0 Å². The average molecular weight is 598 g/mol. The van der Waals surface area contributed by atoms with E-state index in [2.05, 4.69) is 10.0 Å². The number of aryl methyl sites for hydroxylation is 2. The Hall–Kier alpha value is -3.86. The van der Waals surface area contributed by atoms with E-state index in [1.54, 1.807) is 24.3 Å². The zero-order valence-electron chi connectivity index (χ0n) is 22.1. The van der Waals surface area contributed by atoms with Crippen LogP contribution in [0.15, 0.2) is 95.9 Å². The molecule has 0 bridgehead atoms. The molecule has 8 nitrogen and oxygen atoms in total. The molecule has 0 saturated carbocycles. The summed E-state index contributed by atoms with van der Waals surface area (Å²) in [5.74, 6) is -0.431. The summed E-state index contributed by atoms with van der Waals surface area (Å²) in [6.45, 7) is 3.90. The van der Waals surface area contributed by atoms with E-state index in [4.69, 9.17) is 11.6 Å². The van der Waals surface area contributed by atoms with Crippen LogP contribution in [0, 0.1) is 13.8 Å². The molecule has 40 heavy (non-hydrogen) atoms. The van der Waals surface area contributed by atoms with Crippen molar-refractivity contribution in [2.45, 2.75) is 25.3 Å². The first-order chi connectivity index (χ1) is 18.8. The van der Waals surface area contributed by atoms with Gasteiger partial charge in [-0.05, 0) is 91.2 Å². The van der Waals surface area contributed by atoms with Gasteiger partial charge in [0.05, 0.1) is 29.1 Å². The van der Waals surface area contributed by atoms with Gasteiger partial charge >= 0.3 is 0 Å². The van der Waals surface area contributed by atoms with Crippen molar-refractivity contribution in [2.24, 2.45) is 0 Å². The molecule has 0 unspecified atom stereocenters. The van der Waals surface area contributed by atoms with Gasteiger partial charge in [-0.15, -0.1) is 0 Å². The van der Waals surface area contributed by atoms with Crippen molar-refractivity contribution in [3.8, 4) is 0 Å². The average Bonchev–Trinajstić information content (AvgIpc) is 2.90. The molecule has 0 spiro atoms. The van der Waals surface area contributed by atoms with E-state index in [0.29, 0.717) is 27.6 Å². The van der Waals surface area contributed by atoms with E-state index in [9.17, 15) is 21.6 Å². The Balaban J connectivity index is 1.45. The molecule has 0 heterocycles. The highest BCUT2D eigenvalue weighted by Gasteiger charge is 2.20. The third kappa shape index (κ3) is 7.01. The Morgan fingerprint density at radius 1 is 0.800 bits per heavy atom. The smallest absolute Gasteiger partial charge is 0.261 e. The fourth-order valence-corrected chi connectivity index (χ4v) is 6.02. The summed E-state index contributed by atoms with van der Waals surface area (Å²) in [6.07, 6.45) is 1.14. The molecule has 0 radical (unpaired) electrons. The quantitative estimate of drug-likeness (QED) is 0.247. The van der Waals surface area contributed by atoms with Gasteiger partial charge in [-0.2, -0.15) is 0 Å². The lowest BCUT2D eigenvalue weighted by Crippen LogP contribution is -2.29. The molecule has 0 aliphatic heterocycles. The Kier molecular flexibility index (Phi) is 8.53. The molecule has 0 aromatic heterocycles. The van der Waals surface area contributed by atoms with Crippen molar-refractivity contribution in [3.05, 3.63) is 118 Å². The highest BCUT2D eigenvalue weighted by Crippen LogP contribution is 2.25. The minimum atomic E-state index is -3.87. The van der Waals surface area contributed by atoms with Gasteiger partial charge < -0.3 is 5.32 Å². The van der Waals surface area contributed by atoms with E-state index in [-0.39, 0.29) is 11.4 Å². The molecule has 1 amide bonds. The minimum absolute atomic E-state index is 0.0149. The number of anilines is 3. The standard InChI is InChI=1S/C29H28ClN3O5S2/c1-20-6-4-5-7-23(20)19-33(39(3,35)36)26-14-9-22(10-15-26)29(34)31-24-12-16-27(17-13-24)40(37,38)32-25-11-8-21(2)28(30)18-25/h4-18,32H,19H2,1-3H3,(H,31,34). The van der Waals surface area contributed by atoms with Crippen LogP contribution < -0.4 is 14.3 Å². The number of sulfonamides is 2. The minimum Gasteiger partial charge on any atom is -0.322 e. The second kappa shape index (κ2) is 11.7. The Bertz CT molecular complexity index is 1760. The van der Waals surface area contributed by atoms with Gasteiger partial charge in [0.15, 0.2) is 0 Å². The molecule has 0 aliphatic carbocycles. The lowest BCUT2D eigenvalue weighted by Gasteiger charge is -2.23. The Labute approximate surface area is 239 Å². The number of hydrogen-bond acceptors (Lipinski definition) is 5. The molecule has 2 N–H and O–H groups in total. The second-order valence-electron chi connectivity index (χ2n) is 9.29. The number of nitrogens with one attached hydrogen (secondary N) is 2. The van der Waals surface area contributed by atoms with Crippen LogP contribution in [0.5, 0.6) is 0 Å². The van der Waals surface area contributed by atoms with Crippen molar-refractivity contribution in [2.75, 3.05) is 20.6 Å². The van der Waals surface area contributed by atoms with Crippen molar-refractivity contribution < 1.29 is 21.6 Å². The summed E-state index contributed by atoms with van der Waals surface area (Å²) >= 11 is 6.09. The molecule has 4 rings (SSSR count). The predicted octanol–water partition coefficient (Wildman–Crippen LogP) is 5.98. The van der Waals surface area contributed by atoms with Gasteiger partial charge in [-0.25, -0.2) is 16.8 Å². The van der Waals surface area contributed by atoms with Gasteiger partial charge in [-0.3, -0.25) is 13.8 Å². The number of carbonyl (C=O) groups excluding carboxylic acids is 1. The predicted molar refractivity (Wildman–Crippen MR) is 160 cm³/mol. The van der Waals surface area contributed by atoms with E-state index in [0.717, 1.165) is 22.9 Å². The molecule has 0 saturated heterocycles. The van der Waals surface area contributed by atoms with Gasteiger partial charge in [0.25, 0.3) is 15.9 Å². The second-order valence-corrected chi connectivity index (χ2v) is 13.3.